The molecule has 0 atom stereocenters. The quantitative estimate of drug-likeness (QED) is 0.0897. The summed E-state index contributed by atoms with van der Waals surface area (Å²) in [5.41, 5.74) is 12.8. The zero-order valence-electron chi connectivity index (χ0n) is 36.3. The predicted molar refractivity (Wildman–Crippen MR) is 280 cm³/mol. The summed E-state index contributed by atoms with van der Waals surface area (Å²) >= 11 is 0. The first-order valence-corrected chi connectivity index (χ1v) is 22.4. The molecule has 0 aliphatic rings. The first-order valence-electron chi connectivity index (χ1n) is 22.4. The van der Waals surface area contributed by atoms with Crippen molar-refractivity contribution in [1.29, 1.82) is 0 Å². The smallest absolute Gasteiger partial charge is 0.0620 e. The first-order chi connectivity index (χ1) is 32.8. The van der Waals surface area contributed by atoms with Gasteiger partial charge in [-0.1, -0.05) is 158 Å². The van der Waals surface area contributed by atoms with Crippen LogP contribution in [0.2, 0.25) is 0 Å². The monoisotopic (exact) mass is 846 g/mol. The van der Waals surface area contributed by atoms with Crippen molar-refractivity contribution >= 4 is 89.8 Å². The summed E-state index contributed by atoms with van der Waals surface area (Å²) in [6.07, 6.45) is 0. The SMILES string of the molecule is c1ccc(N(c2ccccc2)c2ccc3c(N(c4ccccc4)c4ccccc4)c4cc(N(c5ccccc5)c5ccccc5)ccc4c(N(c4ccccc4)c4ccccc4)c3c2)cc1. The predicted octanol–water partition coefficient (Wildman–Crippen LogP) is 17.9. The van der Waals surface area contributed by atoms with Crippen molar-refractivity contribution < 1.29 is 0 Å². The van der Waals surface area contributed by atoms with Crippen molar-refractivity contribution in [1.82, 2.24) is 0 Å². The third kappa shape index (κ3) is 7.67. The van der Waals surface area contributed by atoms with Crippen molar-refractivity contribution in [2.24, 2.45) is 0 Å². The second-order valence-corrected chi connectivity index (χ2v) is 16.2. The van der Waals surface area contributed by atoms with Crippen LogP contribution in [-0.4, -0.2) is 0 Å². The average Bonchev–Trinajstić information content (AvgIpc) is 3.40. The number of rotatable bonds is 12. The van der Waals surface area contributed by atoms with Gasteiger partial charge in [-0.05, 0) is 121 Å². The molecule has 0 saturated carbocycles. The summed E-state index contributed by atoms with van der Waals surface area (Å²) < 4.78 is 0. The van der Waals surface area contributed by atoms with Crippen molar-refractivity contribution in [3.8, 4) is 0 Å². The van der Waals surface area contributed by atoms with Crippen LogP contribution < -0.4 is 19.6 Å². The van der Waals surface area contributed by atoms with E-state index in [1.54, 1.807) is 0 Å². The fourth-order valence-electron chi connectivity index (χ4n) is 9.24. The van der Waals surface area contributed by atoms with E-state index < -0.39 is 0 Å². The molecule has 0 spiro atoms. The van der Waals surface area contributed by atoms with Crippen LogP contribution in [0.25, 0.3) is 21.5 Å². The third-order valence-corrected chi connectivity index (χ3v) is 12.1. The van der Waals surface area contributed by atoms with Crippen LogP contribution in [0.5, 0.6) is 0 Å². The van der Waals surface area contributed by atoms with Crippen LogP contribution in [0.4, 0.5) is 68.2 Å². The Balaban J connectivity index is 1.31. The van der Waals surface area contributed by atoms with E-state index in [-0.39, 0.29) is 0 Å². The van der Waals surface area contributed by atoms with Gasteiger partial charge in [0.1, 0.15) is 0 Å². The lowest BCUT2D eigenvalue weighted by Crippen LogP contribution is -2.16. The van der Waals surface area contributed by atoms with Gasteiger partial charge in [0, 0.05) is 78.4 Å². The molecule has 11 aromatic rings. The van der Waals surface area contributed by atoms with Gasteiger partial charge in [0.25, 0.3) is 0 Å². The maximum absolute atomic E-state index is 2.44. The average molecular weight is 847 g/mol. The zero-order chi connectivity index (χ0) is 44.1. The number of anilines is 12. The molecule has 11 aromatic carbocycles. The van der Waals surface area contributed by atoms with Crippen molar-refractivity contribution in [3.63, 3.8) is 0 Å². The van der Waals surface area contributed by atoms with Gasteiger partial charge < -0.3 is 19.6 Å². The van der Waals surface area contributed by atoms with Crippen LogP contribution in [0.3, 0.4) is 0 Å². The van der Waals surface area contributed by atoms with Gasteiger partial charge in [0.05, 0.1) is 11.4 Å². The summed E-state index contributed by atoms with van der Waals surface area (Å²) in [6, 6.07) is 99.8. The normalized spacial score (nSPS) is 11.0. The van der Waals surface area contributed by atoms with Crippen molar-refractivity contribution in [2.75, 3.05) is 19.6 Å². The first kappa shape index (κ1) is 40.0. The van der Waals surface area contributed by atoms with Gasteiger partial charge in [0.15, 0.2) is 0 Å². The highest BCUT2D eigenvalue weighted by atomic mass is 15.2. The molecule has 0 radical (unpaired) electrons. The largest absolute Gasteiger partial charge is 0.310 e. The number of hydrogen-bond donors (Lipinski definition) is 0. The minimum atomic E-state index is 1.05. The molecule has 66 heavy (non-hydrogen) atoms. The molecule has 0 N–H and O–H groups in total. The second kappa shape index (κ2) is 18.1. The number of fused-ring (bicyclic) bond motifs is 2. The van der Waals surface area contributed by atoms with E-state index in [1.165, 1.54) is 0 Å². The molecule has 0 amide bonds. The summed E-state index contributed by atoms with van der Waals surface area (Å²) in [5, 5.41) is 4.42. The van der Waals surface area contributed by atoms with Crippen LogP contribution in [0.15, 0.2) is 279 Å². The molecule has 0 bridgehead atoms. The lowest BCUT2D eigenvalue weighted by Gasteiger charge is -2.34. The standard InChI is InChI=1S/C62H46N4/c1-9-25-47(26-10-1)63(48-27-11-2-12-28-48)55-41-43-57-59(45-55)61(65(51-33-17-5-18-34-51)52-35-19-6-20-36-52)58-44-42-56(64(49-29-13-3-14-30-49)50-31-15-4-16-32-50)46-60(58)62(57)66(53-37-21-7-22-38-53)54-39-23-8-24-40-54/h1-46H. The Morgan fingerprint density at radius 2 is 0.348 bits per heavy atom. The van der Waals surface area contributed by atoms with E-state index in [0.717, 1.165) is 89.8 Å². The van der Waals surface area contributed by atoms with E-state index in [9.17, 15) is 0 Å². The van der Waals surface area contributed by atoms with Crippen LogP contribution >= 0.6 is 0 Å². The molecule has 0 fully saturated rings. The highest BCUT2D eigenvalue weighted by Gasteiger charge is 2.28. The molecule has 0 unspecified atom stereocenters. The maximum Gasteiger partial charge on any atom is 0.0620 e. The van der Waals surface area contributed by atoms with E-state index >= 15 is 0 Å². The Morgan fingerprint density at radius 1 is 0.152 bits per heavy atom. The number of nitrogens with zero attached hydrogens (tertiary/aromatic N) is 4. The Kier molecular flexibility index (Phi) is 10.9. The van der Waals surface area contributed by atoms with E-state index in [1.807, 2.05) is 0 Å². The molecule has 0 saturated heterocycles. The Morgan fingerprint density at radius 3 is 0.561 bits per heavy atom. The highest BCUT2D eigenvalue weighted by molar-refractivity contribution is 6.24. The Hall–Kier alpha value is -8.86. The lowest BCUT2D eigenvalue weighted by molar-refractivity contribution is 1.27. The molecule has 11 rings (SSSR count). The number of benzene rings is 11. The van der Waals surface area contributed by atoms with Crippen molar-refractivity contribution in [2.45, 2.75) is 0 Å². The molecule has 4 nitrogen and oxygen atoms in total. The summed E-state index contributed by atoms with van der Waals surface area (Å²) in [6.45, 7) is 0. The second-order valence-electron chi connectivity index (χ2n) is 16.2. The van der Waals surface area contributed by atoms with E-state index in [0.29, 0.717) is 0 Å². The van der Waals surface area contributed by atoms with Gasteiger partial charge in [-0.2, -0.15) is 0 Å². The molecule has 0 heterocycles. The fraction of sp³-hybridized carbons (Fsp3) is 0. The van der Waals surface area contributed by atoms with Gasteiger partial charge in [-0.15, -0.1) is 0 Å². The zero-order valence-corrected chi connectivity index (χ0v) is 36.3. The fourth-order valence-corrected chi connectivity index (χ4v) is 9.24. The van der Waals surface area contributed by atoms with Crippen LogP contribution in [-0.2, 0) is 0 Å². The minimum Gasteiger partial charge on any atom is -0.310 e. The minimum absolute atomic E-state index is 1.05. The van der Waals surface area contributed by atoms with Gasteiger partial charge in [-0.3, -0.25) is 0 Å². The van der Waals surface area contributed by atoms with Gasteiger partial charge in [0.2, 0.25) is 0 Å². The van der Waals surface area contributed by atoms with Gasteiger partial charge in [-0.25, -0.2) is 0 Å². The molecule has 0 aliphatic carbocycles. The molecule has 314 valence electrons. The molecular formula is C62H46N4. The molecule has 0 aliphatic heterocycles. The maximum atomic E-state index is 2.44. The molecule has 0 aromatic heterocycles. The molecular weight excluding hydrogens is 801 g/mol. The van der Waals surface area contributed by atoms with Crippen LogP contribution in [0, 0.1) is 0 Å². The third-order valence-electron chi connectivity index (χ3n) is 12.1. The van der Waals surface area contributed by atoms with Crippen molar-refractivity contribution in [3.05, 3.63) is 279 Å². The van der Waals surface area contributed by atoms with E-state index in [4.69, 9.17) is 0 Å². The van der Waals surface area contributed by atoms with Crippen LogP contribution in [0.1, 0.15) is 0 Å². The van der Waals surface area contributed by atoms with Gasteiger partial charge >= 0.3 is 0 Å². The Bertz CT molecular complexity index is 2950. The molecule has 4 heteroatoms. The Labute approximate surface area is 386 Å². The summed E-state index contributed by atoms with van der Waals surface area (Å²) in [7, 11) is 0. The topological polar surface area (TPSA) is 13.0 Å². The number of para-hydroxylation sites is 8. The lowest BCUT2D eigenvalue weighted by atomic mass is 9.94. The summed E-state index contributed by atoms with van der Waals surface area (Å²) in [5.74, 6) is 0. The number of hydrogen-bond acceptors (Lipinski definition) is 4. The van der Waals surface area contributed by atoms with E-state index in [2.05, 4.69) is 299 Å². The highest BCUT2D eigenvalue weighted by Crippen LogP contribution is 2.53. The summed E-state index contributed by atoms with van der Waals surface area (Å²) in [4.78, 5) is 9.59.